The molecule has 110 valence electrons. The Morgan fingerprint density at radius 3 is 2.81 bits per heavy atom. The molecule has 0 unspecified atom stereocenters. The highest BCUT2D eigenvalue weighted by molar-refractivity contribution is 7.99. The maximum absolute atomic E-state index is 11.0. The lowest BCUT2D eigenvalue weighted by atomic mass is 10.2. The van der Waals surface area contributed by atoms with Crippen molar-refractivity contribution < 1.29 is 9.53 Å². The molecule has 0 spiro atoms. The van der Waals surface area contributed by atoms with E-state index in [9.17, 15) is 4.79 Å². The second-order valence-corrected chi connectivity index (χ2v) is 5.38. The monoisotopic (exact) mass is 303 g/mol. The van der Waals surface area contributed by atoms with E-state index < -0.39 is 0 Å². The fourth-order valence-corrected chi connectivity index (χ4v) is 2.53. The number of aromatic nitrogens is 3. The number of nitrogens with zero attached hydrogens (tertiary/aromatic N) is 3. The van der Waals surface area contributed by atoms with Crippen molar-refractivity contribution >= 4 is 17.7 Å². The lowest BCUT2D eigenvalue weighted by molar-refractivity contribution is -0.140. The molecule has 0 amide bonds. The van der Waals surface area contributed by atoms with Crippen molar-refractivity contribution in [3.63, 3.8) is 0 Å². The van der Waals surface area contributed by atoms with E-state index in [1.807, 2.05) is 24.3 Å². The zero-order valence-corrected chi connectivity index (χ0v) is 12.7. The molecular weight excluding hydrogens is 286 g/mol. The van der Waals surface area contributed by atoms with Gasteiger partial charge in [-0.1, -0.05) is 17.8 Å². The van der Waals surface area contributed by atoms with Crippen LogP contribution in [0, 0.1) is 0 Å². The molecule has 6 heteroatoms. The Morgan fingerprint density at radius 1 is 1.14 bits per heavy atom. The Bertz CT molecular complexity index is 578. The van der Waals surface area contributed by atoms with E-state index in [0.717, 1.165) is 35.1 Å². The first-order valence-corrected chi connectivity index (χ1v) is 7.72. The van der Waals surface area contributed by atoms with Gasteiger partial charge in [0.25, 0.3) is 0 Å². The molecule has 0 atom stereocenters. The van der Waals surface area contributed by atoms with Gasteiger partial charge in [-0.15, -0.1) is 0 Å². The predicted octanol–water partition coefficient (Wildman–Crippen LogP) is 2.97. The summed E-state index contributed by atoms with van der Waals surface area (Å²) in [5, 5.41) is 0.733. The van der Waals surface area contributed by atoms with E-state index in [4.69, 9.17) is 0 Å². The van der Waals surface area contributed by atoms with Crippen LogP contribution in [-0.4, -0.2) is 33.8 Å². The Morgan fingerprint density at radius 2 is 2.05 bits per heavy atom. The van der Waals surface area contributed by atoms with Crippen LogP contribution in [0.15, 0.2) is 41.8 Å². The molecule has 2 rings (SSSR count). The van der Waals surface area contributed by atoms with Gasteiger partial charge in [0.05, 0.1) is 18.5 Å². The predicted molar refractivity (Wildman–Crippen MR) is 81.9 cm³/mol. The summed E-state index contributed by atoms with van der Waals surface area (Å²) in [5.74, 6) is 0.719. The number of rotatable bonds is 7. The van der Waals surface area contributed by atoms with Crippen molar-refractivity contribution in [3.8, 4) is 11.4 Å². The second-order valence-electron chi connectivity index (χ2n) is 4.32. The van der Waals surface area contributed by atoms with Crippen LogP contribution >= 0.6 is 11.8 Å². The standard InChI is InChI=1S/C15H17N3O2S/c1-20-14(19)7-3-5-11-21-15-17-10-8-13(18-15)12-6-2-4-9-16-12/h2,4,6,8-10H,3,5,7,11H2,1H3. The third kappa shape index (κ3) is 5.15. The number of hydrogen-bond acceptors (Lipinski definition) is 6. The van der Waals surface area contributed by atoms with E-state index >= 15 is 0 Å². The maximum Gasteiger partial charge on any atom is 0.305 e. The number of thioether (sulfide) groups is 1. The molecule has 2 heterocycles. The zero-order chi connectivity index (χ0) is 14.9. The molecule has 2 aromatic heterocycles. The quantitative estimate of drug-likeness (QED) is 0.339. The lowest BCUT2D eigenvalue weighted by Gasteiger charge is -2.03. The molecule has 0 saturated carbocycles. The van der Waals surface area contributed by atoms with E-state index in [0.29, 0.717) is 6.42 Å². The van der Waals surface area contributed by atoms with Gasteiger partial charge in [-0.3, -0.25) is 9.78 Å². The third-order valence-electron chi connectivity index (χ3n) is 2.79. The highest BCUT2D eigenvalue weighted by atomic mass is 32.2. The number of esters is 1. The maximum atomic E-state index is 11.0. The summed E-state index contributed by atoms with van der Waals surface area (Å²) < 4.78 is 4.60. The first kappa shape index (κ1) is 15.4. The molecule has 0 N–H and O–H groups in total. The van der Waals surface area contributed by atoms with Gasteiger partial charge < -0.3 is 4.74 Å². The van der Waals surface area contributed by atoms with Crippen molar-refractivity contribution in [1.29, 1.82) is 0 Å². The fourth-order valence-electron chi connectivity index (χ4n) is 1.70. The average molecular weight is 303 g/mol. The van der Waals surface area contributed by atoms with Gasteiger partial charge in [-0.25, -0.2) is 9.97 Å². The van der Waals surface area contributed by atoms with Gasteiger partial charge in [0.2, 0.25) is 0 Å². The van der Waals surface area contributed by atoms with Gasteiger partial charge in [0.1, 0.15) is 0 Å². The van der Waals surface area contributed by atoms with Crippen molar-refractivity contribution in [2.45, 2.75) is 24.4 Å². The number of pyridine rings is 1. The molecule has 0 aliphatic carbocycles. The van der Waals surface area contributed by atoms with Crippen LogP contribution in [-0.2, 0) is 9.53 Å². The summed E-state index contributed by atoms with van der Waals surface area (Å²) in [6.45, 7) is 0. The summed E-state index contributed by atoms with van der Waals surface area (Å²) in [5.41, 5.74) is 1.66. The molecule has 0 radical (unpaired) electrons. The summed E-state index contributed by atoms with van der Waals surface area (Å²) in [7, 11) is 1.41. The lowest BCUT2D eigenvalue weighted by Crippen LogP contribution is -1.99. The summed E-state index contributed by atoms with van der Waals surface area (Å²) in [4.78, 5) is 24.0. The molecular formula is C15H17N3O2S. The number of carbonyl (C=O) groups is 1. The van der Waals surface area contributed by atoms with Crippen LogP contribution in [0.4, 0.5) is 0 Å². The van der Waals surface area contributed by atoms with Crippen molar-refractivity contribution in [1.82, 2.24) is 15.0 Å². The number of methoxy groups -OCH3 is 1. The fraction of sp³-hybridized carbons (Fsp3) is 0.333. The Balaban J connectivity index is 1.83. The molecule has 0 aliphatic rings. The van der Waals surface area contributed by atoms with Crippen molar-refractivity contribution in [3.05, 3.63) is 36.7 Å². The third-order valence-corrected chi connectivity index (χ3v) is 3.74. The Labute approximate surface area is 128 Å². The van der Waals surface area contributed by atoms with Gasteiger partial charge in [0.15, 0.2) is 5.16 Å². The van der Waals surface area contributed by atoms with Crippen molar-refractivity contribution in [2.24, 2.45) is 0 Å². The Hall–Kier alpha value is -1.95. The number of hydrogen-bond donors (Lipinski definition) is 0. The first-order chi connectivity index (χ1) is 10.3. The number of ether oxygens (including phenoxy) is 1. The molecule has 0 fully saturated rings. The minimum Gasteiger partial charge on any atom is -0.469 e. The molecule has 0 bridgehead atoms. The largest absolute Gasteiger partial charge is 0.469 e. The number of unbranched alkanes of at least 4 members (excludes halogenated alkanes) is 1. The van der Waals surface area contributed by atoms with Crippen LogP contribution in [0.3, 0.4) is 0 Å². The van der Waals surface area contributed by atoms with E-state index in [-0.39, 0.29) is 5.97 Å². The summed E-state index contributed by atoms with van der Waals surface area (Å²) in [6, 6.07) is 7.59. The highest BCUT2D eigenvalue weighted by Gasteiger charge is 2.04. The summed E-state index contributed by atoms with van der Waals surface area (Å²) >= 11 is 1.59. The molecule has 0 saturated heterocycles. The van der Waals surface area contributed by atoms with Crippen LogP contribution < -0.4 is 0 Å². The number of carbonyl (C=O) groups excluding carboxylic acids is 1. The van der Waals surface area contributed by atoms with E-state index in [1.165, 1.54) is 7.11 Å². The smallest absolute Gasteiger partial charge is 0.305 e. The Kier molecular flexibility index (Phi) is 6.15. The van der Waals surface area contributed by atoms with Gasteiger partial charge in [-0.05, 0) is 31.0 Å². The molecule has 21 heavy (non-hydrogen) atoms. The normalized spacial score (nSPS) is 10.3. The van der Waals surface area contributed by atoms with Gasteiger partial charge in [0, 0.05) is 24.6 Å². The van der Waals surface area contributed by atoms with Crippen LogP contribution in [0.1, 0.15) is 19.3 Å². The molecule has 5 nitrogen and oxygen atoms in total. The van der Waals surface area contributed by atoms with Crippen LogP contribution in [0.25, 0.3) is 11.4 Å². The minimum absolute atomic E-state index is 0.159. The molecule has 0 aliphatic heterocycles. The van der Waals surface area contributed by atoms with Crippen molar-refractivity contribution in [2.75, 3.05) is 12.9 Å². The molecule has 2 aromatic rings. The summed E-state index contributed by atoms with van der Waals surface area (Å²) in [6.07, 6.45) is 5.70. The van der Waals surface area contributed by atoms with E-state index in [1.54, 1.807) is 24.2 Å². The van der Waals surface area contributed by atoms with Crippen LogP contribution in [0.5, 0.6) is 0 Å². The highest BCUT2D eigenvalue weighted by Crippen LogP contribution is 2.19. The zero-order valence-electron chi connectivity index (χ0n) is 11.9. The van der Waals surface area contributed by atoms with Crippen LogP contribution in [0.2, 0.25) is 0 Å². The van der Waals surface area contributed by atoms with Gasteiger partial charge >= 0.3 is 5.97 Å². The van der Waals surface area contributed by atoms with E-state index in [2.05, 4.69) is 19.7 Å². The van der Waals surface area contributed by atoms with Gasteiger partial charge in [-0.2, -0.15) is 0 Å². The topological polar surface area (TPSA) is 65.0 Å². The molecule has 0 aromatic carbocycles. The first-order valence-electron chi connectivity index (χ1n) is 6.73. The minimum atomic E-state index is -0.159. The second kappa shape index (κ2) is 8.36. The SMILES string of the molecule is COC(=O)CCCCSc1nccc(-c2ccccn2)n1. The average Bonchev–Trinajstić information content (AvgIpc) is 2.55.